The number of hydrogen-bond acceptors (Lipinski definition) is 5. The summed E-state index contributed by atoms with van der Waals surface area (Å²) in [6, 6.07) is 2.08. The molecule has 0 bridgehead atoms. The van der Waals surface area contributed by atoms with E-state index in [1.165, 1.54) is 18.5 Å². The standard InChI is InChI=1S/C16H13F6N5S/c1-7(28-14-26-10(16(20,21)22)4-11(23)27-14)12-13-9(2-3-24-12)8(6-25-13)5-15(17,18)19/h2-4,6-7,25H,5H2,1H3,(H2,23,26,27). The normalized spacial score (nSPS) is 13.8. The second-order valence-corrected chi connectivity index (χ2v) is 7.25. The van der Waals surface area contributed by atoms with Crippen molar-refractivity contribution in [3.63, 3.8) is 0 Å². The Morgan fingerprint density at radius 2 is 1.89 bits per heavy atom. The van der Waals surface area contributed by atoms with Gasteiger partial charge in [0.25, 0.3) is 0 Å². The number of thioether (sulfide) groups is 1. The number of aromatic amines is 1. The van der Waals surface area contributed by atoms with Crippen molar-refractivity contribution in [2.45, 2.75) is 36.1 Å². The quantitative estimate of drug-likeness (QED) is 0.355. The number of anilines is 1. The van der Waals surface area contributed by atoms with Gasteiger partial charge >= 0.3 is 12.4 Å². The van der Waals surface area contributed by atoms with Crippen LogP contribution < -0.4 is 5.73 Å². The molecule has 0 saturated carbocycles. The van der Waals surface area contributed by atoms with Crippen molar-refractivity contribution in [2.24, 2.45) is 0 Å². The van der Waals surface area contributed by atoms with Crippen molar-refractivity contribution in [1.29, 1.82) is 0 Å². The fourth-order valence-corrected chi connectivity index (χ4v) is 3.58. The van der Waals surface area contributed by atoms with Crippen LogP contribution in [0.3, 0.4) is 0 Å². The minimum atomic E-state index is -4.68. The maximum atomic E-state index is 12.9. The number of pyridine rings is 1. The minimum absolute atomic E-state index is 0.0583. The lowest BCUT2D eigenvalue weighted by Gasteiger charge is -2.13. The monoisotopic (exact) mass is 421 g/mol. The first-order chi connectivity index (χ1) is 12.9. The van der Waals surface area contributed by atoms with E-state index < -0.39 is 29.7 Å². The number of nitrogens with zero attached hydrogens (tertiary/aromatic N) is 3. The van der Waals surface area contributed by atoms with E-state index in [1.807, 2.05) is 0 Å². The van der Waals surface area contributed by atoms with E-state index in [4.69, 9.17) is 5.73 Å². The SMILES string of the molecule is CC(Sc1nc(N)cc(C(F)(F)F)n1)c1nccc2c(CC(F)(F)F)c[nH]c12. The Labute approximate surface area is 158 Å². The molecule has 1 atom stereocenters. The van der Waals surface area contributed by atoms with Gasteiger partial charge in [-0.25, -0.2) is 9.97 Å². The fourth-order valence-electron chi connectivity index (χ4n) is 2.66. The summed E-state index contributed by atoms with van der Waals surface area (Å²) in [6.45, 7) is 1.64. The van der Waals surface area contributed by atoms with Gasteiger partial charge in [0.1, 0.15) is 5.82 Å². The first kappa shape index (κ1) is 20.2. The molecule has 0 aliphatic heterocycles. The third kappa shape index (κ3) is 4.49. The highest BCUT2D eigenvalue weighted by molar-refractivity contribution is 7.99. The zero-order chi connectivity index (χ0) is 20.7. The molecule has 0 aliphatic rings. The van der Waals surface area contributed by atoms with Crippen molar-refractivity contribution >= 4 is 28.5 Å². The molecule has 12 heteroatoms. The van der Waals surface area contributed by atoms with Gasteiger partial charge in [-0.05, 0) is 18.6 Å². The molecule has 0 aliphatic carbocycles. The van der Waals surface area contributed by atoms with Crippen molar-refractivity contribution in [3.8, 4) is 0 Å². The molecule has 28 heavy (non-hydrogen) atoms. The molecular weight excluding hydrogens is 408 g/mol. The van der Waals surface area contributed by atoms with Crippen LogP contribution in [0.4, 0.5) is 32.2 Å². The van der Waals surface area contributed by atoms with Gasteiger partial charge in [0.15, 0.2) is 10.9 Å². The van der Waals surface area contributed by atoms with Crippen LogP contribution >= 0.6 is 11.8 Å². The summed E-state index contributed by atoms with van der Waals surface area (Å²) in [6.07, 6.45) is -7.56. The lowest BCUT2D eigenvalue weighted by Crippen LogP contribution is -2.11. The Morgan fingerprint density at radius 1 is 1.18 bits per heavy atom. The van der Waals surface area contributed by atoms with Gasteiger partial charge in [0.05, 0.1) is 22.9 Å². The van der Waals surface area contributed by atoms with Crippen LogP contribution in [0.2, 0.25) is 0 Å². The van der Waals surface area contributed by atoms with Crippen LogP contribution in [0.25, 0.3) is 10.9 Å². The molecule has 0 saturated heterocycles. The zero-order valence-corrected chi connectivity index (χ0v) is 15.0. The summed E-state index contributed by atoms with van der Waals surface area (Å²) in [5, 5.41) is -0.413. The number of rotatable bonds is 4. The number of nitrogen functional groups attached to an aromatic ring is 1. The van der Waals surface area contributed by atoms with Gasteiger partial charge in [-0.15, -0.1) is 0 Å². The molecule has 5 nitrogen and oxygen atoms in total. The molecule has 150 valence electrons. The lowest BCUT2D eigenvalue weighted by molar-refractivity contribution is -0.141. The molecule has 0 radical (unpaired) electrons. The highest BCUT2D eigenvalue weighted by Crippen LogP contribution is 2.38. The maximum absolute atomic E-state index is 12.9. The van der Waals surface area contributed by atoms with Crippen LogP contribution in [0.15, 0.2) is 29.7 Å². The highest BCUT2D eigenvalue weighted by Gasteiger charge is 2.34. The number of alkyl halides is 6. The van der Waals surface area contributed by atoms with E-state index in [-0.39, 0.29) is 16.5 Å². The first-order valence-corrected chi connectivity index (χ1v) is 8.72. The molecule has 0 aromatic carbocycles. The summed E-state index contributed by atoms with van der Waals surface area (Å²) in [5.74, 6) is -0.337. The average Bonchev–Trinajstić information content (AvgIpc) is 2.94. The summed E-state index contributed by atoms with van der Waals surface area (Å²) >= 11 is 0.871. The predicted molar refractivity (Wildman–Crippen MR) is 91.6 cm³/mol. The van der Waals surface area contributed by atoms with Crippen molar-refractivity contribution < 1.29 is 26.3 Å². The molecule has 3 aromatic rings. The van der Waals surface area contributed by atoms with Gasteiger partial charge in [0.2, 0.25) is 0 Å². The molecule has 0 spiro atoms. The summed E-state index contributed by atoms with van der Waals surface area (Å²) in [7, 11) is 0. The largest absolute Gasteiger partial charge is 0.433 e. The number of hydrogen-bond donors (Lipinski definition) is 2. The van der Waals surface area contributed by atoms with E-state index in [0.717, 1.165) is 11.8 Å². The molecule has 3 rings (SSSR count). The number of nitrogens with one attached hydrogen (secondary N) is 1. The Kier molecular flexibility index (Phi) is 5.17. The van der Waals surface area contributed by atoms with Gasteiger partial charge in [-0.2, -0.15) is 26.3 Å². The highest BCUT2D eigenvalue weighted by atomic mass is 32.2. The second-order valence-electron chi connectivity index (χ2n) is 5.94. The van der Waals surface area contributed by atoms with E-state index in [9.17, 15) is 26.3 Å². The smallest absolute Gasteiger partial charge is 0.384 e. The molecule has 0 fully saturated rings. The van der Waals surface area contributed by atoms with Crippen LogP contribution in [0, 0.1) is 0 Å². The first-order valence-electron chi connectivity index (χ1n) is 7.84. The number of fused-ring (bicyclic) bond motifs is 1. The topological polar surface area (TPSA) is 80.5 Å². The lowest BCUT2D eigenvalue weighted by atomic mass is 10.1. The molecule has 3 aromatic heterocycles. The van der Waals surface area contributed by atoms with Gasteiger partial charge in [-0.1, -0.05) is 11.8 Å². The summed E-state index contributed by atoms with van der Waals surface area (Å²) < 4.78 is 76.8. The number of aromatic nitrogens is 4. The number of nitrogens with two attached hydrogens (primary N) is 1. The maximum Gasteiger partial charge on any atom is 0.433 e. The van der Waals surface area contributed by atoms with Crippen LogP contribution in [-0.4, -0.2) is 26.1 Å². The zero-order valence-electron chi connectivity index (χ0n) is 14.2. The Hall–Kier alpha value is -2.50. The van der Waals surface area contributed by atoms with Crippen molar-refractivity contribution in [1.82, 2.24) is 19.9 Å². The fraction of sp³-hybridized carbons (Fsp3) is 0.312. The summed E-state index contributed by atoms with van der Waals surface area (Å²) in [5.41, 5.74) is 5.06. The van der Waals surface area contributed by atoms with E-state index in [1.54, 1.807) is 6.92 Å². The predicted octanol–water partition coefficient (Wildman–Crippen LogP) is 4.91. The Bertz CT molecular complexity index is 997. The van der Waals surface area contributed by atoms with Crippen molar-refractivity contribution in [3.05, 3.63) is 41.5 Å². The third-order valence-corrected chi connectivity index (χ3v) is 4.76. The van der Waals surface area contributed by atoms with E-state index in [2.05, 4.69) is 19.9 Å². The third-order valence-electron chi connectivity index (χ3n) is 3.79. The summed E-state index contributed by atoms with van der Waals surface area (Å²) in [4.78, 5) is 14.2. The van der Waals surface area contributed by atoms with Crippen LogP contribution in [0.1, 0.15) is 29.1 Å². The Morgan fingerprint density at radius 3 is 2.54 bits per heavy atom. The van der Waals surface area contributed by atoms with E-state index in [0.29, 0.717) is 22.7 Å². The Balaban J connectivity index is 1.92. The second kappa shape index (κ2) is 7.15. The molecule has 0 amide bonds. The molecule has 3 heterocycles. The number of halogens is 6. The van der Waals surface area contributed by atoms with E-state index >= 15 is 0 Å². The average molecular weight is 421 g/mol. The van der Waals surface area contributed by atoms with Crippen molar-refractivity contribution in [2.75, 3.05) is 5.73 Å². The molecule has 3 N–H and O–H groups in total. The van der Waals surface area contributed by atoms with Crippen LogP contribution in [-0.2, 0) is 12.6 Å². The van der Waals surface area contributed by atoms with Gasteiger partial charge in [-0.3, -0.25) is 4.98 Å². The number of H-pyrrole nitrogens is 1. The van der Waals surface area contributed by atoms with Crippen LogP contribution in [0.5, 0.6) is 0 Å². The molecular formula is C16H13F6N5S. The minimum Gasteiger partial charge on any atom is -0.384 e. The molecule has 1 unspecified atom stereocenters. The van der Waals surface area contributed by atoms with Gasteiger partial charge in [0, 0.05) is 23.8 Å². The van der Waals surface area contributed by atoms with Gasteiger partial charge < -0.3 is 10.7 Å².